The van der Waals surface area contributed by atoms with Gasteiger partial charge >= 0.3 is 6.03 Å². The van der Waals surface area contributed by atoms with Crippen LogP contribution in [0.25, 0.3) is 0 Å². The molecule has 2 amide bonds. The molecule has 0 fully saturated rings. The predicted octanol–water partition coefficient (Wildman–Crippen LogP) is 3.74. The van der Waals surface area contributed by atoms with Crippen LogP contribution in [0.3, 0.4) is 0 Å². The average Bonchev–Trinajstić information content (AvgIpc) is 2.58. The first-order valence-electron chi connectivity index (χ1n) is 7.97. The fourth-order valence-corrected chi connectivity index (χ4v) is 2.16. The van der Waals surface area contributed by atoms with Crippen LogP contribution in [0, 0.1) is 12.7 Å². The maximum atomic E-state index is 12.9. The molecule has 0 aromatic heterocycles. The molecule has 0 radical (unpaired) electrons. The van der Waals surface area contributed by atoms with Crippen LogP contribution in [0.4, 0.5) is 9.18 Å². The summed E-state index contributed by atoms with van der Waals surface area (Å²) < 4.78 is 18.5. The number of amides is 2. The van der Waals surface area contributed by atoms with Crippen molar-refractivity contribution >= 4 is 6.03 Å². The quantitative estimate of drug-likeness (QED) is 0.786. The number of nitrogens with one attached hydrogen (secondary N) is 1. The third-order valence-electron chi connectivity index (χ3n) is 3.57. The molecule has 128 valence electrons. The van der Waals surface area contributed by atoms with Crippen LogP contribution in [0.2, 0.25) is 0 Å². The van der Waals surface area contributed by atoms with E-state index in [4.69, 9.17) is 4.74 Å². The van der Waals surface area contributed by atoms with Crippen molar-refractivity contribution in [1.29, 1.82) is 0 Å². The van der Waals surface area contributed by atoms with Gasteiger partial charge in [-0.1, -0.05) is 29.8 Å². The Bertz CT molecular complexity index is 641. The number of hydrogen-bond acceptors (Lipinski definition) is 2. The fourth-order valence-electron chi connectivity index (χ4n) is 2.16. The van der Waals surface area contributed by atoms with Crippen LogP contribution in [-0.4, -0.2) is 31.1 Å². The van der Waals surface area contributed by atoms with Gasteiger partial charge in [0.05, 0.1) is 6.61 Å². The van der Waals surface area contributed by atoms with Gasteiger partial charge in [-0.25, -0.2) is 9.18 Å². The highest BCUT2D eigenvalue weighted by atomic mass is 19.1. The maximum Gasteiger partial charge on any atom is 0.317 e. The zero-order valence-electron chi connectivity index (χ0n) is 14.1. The fraction of sp³-hybridized carbons (Fsp3) is 0.316. The Balaban J connectivity index is 1.63. The largest absolute Gasteiger partial charge is 0.494 e. The molecule has 0 atom stereocenters. The molecule has 0 heterocycles. The van der Waals surface area contributed by atoms with Gasteiger partial charge in [0.1, 0.15) is 11.6 Å². The number of urea groups is 1. The minimum absolute atomic E-state index is 0.158. The number of benzene rings is 2. The first kappa shape index (κ1) is 17.8. The minimum atomic E-state index is -0.278. The third-order valence-corrected chi connectivity index (χ3v) is 3.57. The number of carbonyl (C=O) groups excluding carboxylic acids is 1. The Morgan fingerprint density at radius 3 is 2.46 bits per heavy atom. The molecule has 1 N–H and O–H groups in total. The standard InChI is InChI=1S/C19H23FN2O2/c1-15-4-10-18(11-5-15)24-13-3-12-21-19(23)22(2)14-16-6-8-17(20)9-7-16/h4-11H,3,12-14H2,1-2H3,(H,21,23). The van der Waals surface area contributed by atoms with Crippen molar-refractivity contribution in [3.8, 4) is 5.75 Å². The van der Waals surface area contributed by atoms with E-state index in [-0.39, 0.29) is 11.8 Å². The lowest BCUT2D eigenvalue weighted by atomic mass is 10.2. The van der Waals surface area contributed by atoms with E-state index in [1.54, 1.807) is 24.1 Å². The van der Waals surface area contributed by atoms with Crippen LogP contribution in [0.1, 0.15) is 17.5 Å². The molecule has 5 heteroatoms. The lowest BCUT2D eigenvalue weighted by Crippen LogP contribution is -2.37. The monoisotopic (exact) mass is 330 g/mol. The number of rotatable bonds is 7. The lowest BCUT2D eigenvalue weighted by Gasteiger charge is -2.18. The van der Waals surface area contributed by atoms with Gasteiger partial charge in [0.15, 0.2) is 0 Å². The molecule has 0 aliphatic rings. The van der Waals surface area contributed by atoms with E-state index in [0.717, 1.165) is 17.7 Å². The summed E-state index contributed by atoms with van der Waals surface area (Å²) in [5.41, 5.74) is 2.08. The van der Waals surface area contributed by atoms with Crippen molar-refractivity contribution in [2.75, 3.05) is 20.2 Å². The van der Waals surface area contributed by atoms with E-state index in [0.29, 0.717) is 19.7 Å². The second kappa shape index (κ2) is 8.91. The molecular formula is C19H23FN2O2. The van der Waals surface area contributed by atoms with Crippen molar-refractivity contribution in [2.24, 2.45) is 0 Å². The molecule has 0 aliphatic carbocycles. The summed E-state index contributed by atoms with van der Waals surface area (Å²) in [4.78, 5) is 13.5. The highest BCUT2D eigenvalue weighted by Crippen LogP contribution is 2.11. The SMILES string of the molecule is Cc1ccc(OCCCNC(=O)N(C)Cc2ccc(F)cc2)cc1. The molecule has 2 rings (SSSR count). The van der Waals surface area contributed by atoms with Gasteiger partial charge in [0.2, 0.25) is 0 Å². The van der Waals surface area contributed by atoms with Crippen LogP contribution in [-0.2, 0) is 6.54 Å². The van der Waals surface area contributed by atoms with Gasteiger partial charge in [-0.3, -0.25) is 0 Å². The smallest absolute Gasteiger partial charge is 0.317 e. The van der Waals surface area contributed by atoms with E-state index in [2.05, 4.69) is 5.32 Å². The van der Waals surface area contributed by atoms with Gasteiger partial charge in [0.25, 0.3) is 0 Å². The zero-order valence-corrected chi connectivity index (χ0v) is 14.1. The van der Waals surface area contributed by atoms with Crippen molar-refractivity contribution in [2.45, 2.75) is 19.9 Å². The summed E-state index contributed by atoms with van der Waals surface area (Å²) in [6, 6.07) is 13.9. The second-order valence-electron chi connectivity index (χ2n) is 5.73. The Hall–Kier alpha value is -2.56. The van der Waals surface area contributed by atoms with Crippen LogP contribution >= 0.6 is 0 Å². The summed E-state index contributed by atoms with van der Waals surface area (Å²) in [7, 11) is 1.71. The number of halogens is 1. The van der Waals surface area contributed by atoms with Crippen molar-refractivity contribution in [3.63, 3.8) is 0 Å². The normalized spacial score (nSPS) is 10.3. The average molecular weight is 330 g/mol. The highest BCUT2D eigenvalue weighted by molar-refractivity contribution is 5.73. The number of hydrogen-bond donors (Lipinski definition) is 1. The van der Waals surface area contributed by atoms with Gasteiger partial charge in [-0.05, 0) is 43.2 Å². The molecular weight excluding hydrogens is 307 g/mol. The molecule has 4 nitrogen and oxygen atoms in total. The molecule has 0 unspecified atom stereocenters. The van der Waals surface area contributed by atoms with Gasteiger partial charge in [-0.2, -0.15) is 0 Å². The summed E-state index contributed by atoms with van der Waals surface area (Å²) in [5, 5.41) is 2.84. The Morgan fingerprint density at radius 2 is 1.79 bits per heavy atom. The van der Waals surface area contributed by atoms with E-state index in [1.807, 2.05) is 31.2 Å². The summed E-state index contributed by atoms with van der Waals surface area (Å²) >= 11 is 0. The summed E-state index contributed by atoms with van der Waals surface area (Å²) in [6.07, 6.45) is 0.726. The van der Waals surface area contributed by atoms with E-state index >= 15 is 0 Å². The number of carbonyl (C=O) groups is 1. The number of ether oxygens (including phenoxy) is 1. The number of aryl methyl sites for hydroxylation is 1. The summed E-state index contributed by atoms with van der Waals surface area (Å²) in [6.45, 7) is 3.55. The lowest BCUT2D eigenvalue weighted by molar-refractivity contribution is 0.205. The Labute approximate surface area is 142 Å². The van der Waals surface area contributed by atoms with Crippen molar-refractivity contribution < 1.29 is 13.9 Å². The first-order chi connectivity index (χ1) is 11.5. The first-order valence-corrected chi connectivity index (χ1v) is 7.97. The van der Waals surface area contributed by atoms with Crippen molar-refractivity contribution in [3.05, 3.63) is 65.5 Å². The zero-order chi connectivity index (χ0) is 17.4. The minimum Gasteiger partial charge on any atom is -0.494 e. The molecule has 2 aromatic carbocycles. The van der Waals surface area contributed by atoms with Crippen LogP contribution < -0.4 is 10.1 Å². The molecule has 0 spiro atoms. The maximum absolute atomic E-state index is 12.9. The van der Waals surface area contributed by atoms with E-state index < -0.39 is 0 Å². The molecule has 2 aromatic rings. The van der Waals surface area contributed by atoms with Crippen LogP contribution in [0.5, 0.6) is 5.75 Å². The van der Waals surface area contributed by atoms with E-state index in [9.17, 15) is 9.18 Å². The molecule has 0 saturated heterocycles. The van der Waals surface area contributed by atoms with Crippen molar-refractivity contribution in [1.82, 2.24) is 10.2 Å². The Kier molecular flexibility index (Phi) is 6.61. The summed E-state index contributed by atoms with van der Waals surface area (Å²) in [5.74, 6) is 0.555. The highest BCUT2D eigenvalue weighted by Gasteiger charge is 2.08. The van der Waals surface area contributed by atoms with Gasteiger partial charge in [-0.15, -0.1) is 0 Å². The molecule has 0 bridgehead atoms. The topological polar surface area (TPSA) is 41.6 Å². The molecule has 24 heavy (non-hydrogen) atoms. The second-order valence-corrected chi connectivity index (χ2v) is 5.73. The van der Waals surface area contributed by atoms with E-state index in [1.165, 1.54) is 17.7 Å². The number of nitrogens with zero attached hydrogens (tertiary/aromatic N) is 1. The molecule has 0 aliphatic heterocycles. The van der Waals surface area contributed by atoms with Gasteiger partial charge in [0, 0.05) is 20.1 Å². The Morgan fingerprint density at radius 1 is 1.12 bits per heavy atom. The van der Waals surface area contributed by atoms with Gasteiger partial charge < -0.3 is 15.0 Å². The third kappa shape index (κ3) is 5.91. The predicted molar refractivity (Wildman–Crippen MR) is 92.6 cm³/mol. The molecule has 0 saturated carbocycles. The van der Waals surface area contributed by atoms with Crippen LogP contribution in [0.15, 0.2) is 48.5 Å².